The summed E-state index contributed by atoms with van der Waals surface area (Å²) in [5.74, 6) is -1.00. The number of nitrogens with zero attached hydrogens (tertiary/aromatic N) is 4. The van der Waals surface area contributed by atoms with Crippen molar-refractivity contribution in [2.75, 3.05) is 11.9 Å². The topological polar surface area (TPSA) is 97.6 Å². The van der Waals surface area contributed by atoms with E-state index in [-0.39, 0.29) is 24.0 Å². The zero-order chi connectivity index (χ0) is 22.1. The Kier molecular flexibility index (Phi) is 5.13. The molecule has 0 atom stereocenters. The normalized spacial score (nSPS) is 12.7. The van der Waals surface area contributed by atoms with E-state index in [0.29, 0.717) is 47.0 Å². The Bertz CT molecular complexity index is 1230. The first kappa shape index (κ1) is 20.1. The molecule has 0 fully saturated rings. The van der Waals surface area contributed by atoms with E-state index in [4.69, 9.17) is 12.3 Å². The molecule has 1 aliphatic heterocycles. The van der Waals surface area contributed by atoms with Crippen molar-refractivity contribution in [2.24, 2.45) is 5.73 Å². The highest BCUT2D eigenvalue weighted by Gasteiger charge is 2.29. The minimum atomic E-state index is -0.657. The van der Waals surface area contributed by atoms with Crippen LogP contribution in [0.3, 0.4) is 0 Å². The van der Waals surface area contributed by atoms with Gasteiger partial charge in [0.25, 0.3) is 5.91 Å². The predicted octanol–water partition coefficient (Wildman–Crippen LogP) is 3.70. The summed E-state index contributed by atoms with van der Waals surface area (Å²) in [5, 5.41) is 7.31. The van der Waals surface area contributed by atoms with Crippen LogP contribution in [0.4, 0.5) is 20.6 Å². The molecule has 0 radical (unpaired) electrons. The van der Waals surface area contributed by atoms with Crippen molar-refractivity contribution in [1.82, 2.24) is 14.7 Å². The molecule has 31 heavy (non-hydrogen) atoms. The maximum Gasteiger partial charge on any atom is 0.322 e. The number of amides is 3. The number of hydrogen-bond donors (Lipinski definition) is 2. The highest BCUT2D eigenvalue weighted by Crippen LogP contribution is 2.29. The van der Waals surface area contributed by atoms with Crippen LogP contribution in [0.5, 0.6) is 0 Å². The molecule has 0 aliphatic carbocycles. The molecular formula is C22H19FN6O2. The zero-order valence-electron chi connectivity index (χ0n) is 16.7. The molecule has 8 nitrogen and oxygen atoms in total. The molecule has 3 N–H and O–H groups in total. The number of fused-ring (bicyclic) bond motifs is 1. The van der Waals surface area contributed by atoms with Gasteiger partial charge >= 0.3 is 6.03 Å². The Morgan fingerprint density at radius 1 is 1.19 bits per heavy atom. The number of aryl methyl sites for hydroxylation is 1. The maximum atomic E-state index is 13.7. The van der Waals surface area contributed by atoms with E-state index in [1.807, 2.05) is 0 Å². The van der Waals surface area contributed by atoms with Crippen LogP contribution in [0.2, 0.25) is 0 Å². The third-order valence-electron chi connectivity index (χ3n) is 5.19. The van der Waals surface area contributed by atoms with Gasteiger partial charge in [-0.05, 0) is 42.8 Å². The van der Waals surface area contributed by atoms with E-state index < -0.39 is 5.91 Å². The van der Waals surface area contributed by atoms with Crippen LogP contribution in [0.1, 0.15) is 21.6 Å². The number of carbonyl (C=O) groups is 2. The van der Waals surface area contributed by atoms with Gasteiger partial charge < -0.3 is 16.0 Å². The van der Waals surface area contributed by atoms with Crippen LogP contribution >= 0.6 is 0 Å². The van der Waals surface area contributed by atoms with Gasteiger partial charge in [0.1, 0.15) is 11.5 Å². The molecule has 156 valence electrons. The number of primary amides is 1. The SMILES string of the molecule is [C-]#[N+]c1ccc(NC(=O)N2CCn3nc(-c4ccc(F)c(C)c4)c(C(N)=O)c3C2)cc1. The van der Waals surface area contributed by atoms with Crippen molar-refractivity contribution >= 4 is 23.3 Å². The summed E-state index contributed by atoms with van der Waals surface area (Å²) in [6.45, 7) is 9.55. The molecule has 0 saturated carbocycles. The molecule has 2 aromatic carbocycles. The molecule has 0 bridgehead atoms. The molecule has 1 aliphatic rings. The Balaban J connectivity index is 1.61. The van der Waals surface area contributed by atoms with E-state index in [0.717, 1.165) is 0 Å². The van der Waals surface area contributed by atoms with Crippen LogP contribution in [0.25, 0.3) is 16.1 Å². The van der Waals surface area contributed by atoms with E-state index in [1.165, 1.54) is 6.07 Å². The summed E-state index contributed by atoms with van der Waals surface area (Å²) >= 11 is 0. The number of benzene rings is 2. The van der Waals surface area contributed by atoms with E-state index in [1.54, 1.807) is 52.9 Å². The van der Waals surface area contributed by atoms with Crippen LogP contribution < -0.4 is 11.1 Å². The van der Waals surface area contributed by atoms with E-state index in [2.05, 4.69) is 15.3 Å². The third kappa shape index (κ3) is 3.83. The van der Waals surface area contributed by atoms with Gasteiger partial charge in [-0.3, -0.25) is 9.48 Å². The summed E-state index contributed by atoms with van der Waals surface area (Å²) in [4.78, 5) is 29.9. The van der Waals surface area contributed by atoms with Gasteiger partial charge in [-0.1, -0.05) is 12.1 Å². The minimum absolute atomic E-state index is 0.150. The fourth-order valence-electron chi connectivity index (χ4n) is 3.57. The molecule has 1 aromatic heterocycles. The third-order valence-corrected chi connectivity index (χ3v) is 5.19. The van der Waals surface area contributed by atoms with Gasteiger partial charge in [0.15, 0.2) is 5.69 Å². The molecule has 2 heterocycles. The highest BCUT2D eigenvalue weighted by molar-refractivity contribution is 6.00. The van der Waals surface area contributed by atoms with Crippen LogP contribution in [-0.2, 0) is 13.1 Å². The van der Waals surface area contributed by atoms with E-state index in [9.17, 15) is 14.0 Å². The second kappa shape index (κ2) is 7.91. The largest absolute Gasteiger partial charge is 0.365 e. The van der Waals surface area contributed by atoms with Crippen molar-refractivity contribution in [3.05, 3.63) is 76.5 Å². The summed E-state index contributed by atoms with van der Waals surface area (Å²) in [7, 11) is 0. The fourth-order valence-corrected chi connectivity index (χ4v) is 3.57. The number of rotatable bonds is 3. The van der Waals surface area contributed by atoms with Gasteiger partial charge in [0.05, 0.1) is 30.9 Å². The number of aromatic nitrogens is 2. The van der Waals surface area contributed by atoms with Crippen LogP contribution in [0, 0.1) is 19.3 Å². The van der Waals surface area contributed by atoms with Gasteiger partial charge in [0.2, 0.25) is 0 Å². The van der Waals surface area contributed by atoms with E-state index >= 15 is 0 Å². The fraction of sp³-hybridized carbons (Fsp3) is 0.182. The number of halogens is 1. The number of carbonyl (C=O) groups excluding carboxylic acids is 2. The standard InChI is InChI=1S/C22H19FN6O2/c1-13-11-14(3-8-17(13)23)20-19(21(24)30)18-12-28(9-10-29(18)27-20)22(31)26-16-6-4-15(25-2)5-7-16/h3-8,11H,9-10,12H2,1H3,(H2,24,30)(H,26,31). The van der Waals surface area contributed by atoms with Crippen molar-refractivity contribution < 1.29 is 14.0 Å². The first-order valence-corrected chi connectivity index (χ1v) is 9.57. The monoisotopic (exact) mass is 418 g/mol. The molecule has 4 rings (SSSR count). The quantitative estimate of drug-likeness (QED) is 0.635. The summed E-state index contributed by atoms with van der Waals surface area (Å²) in [5.41, 5.74) is 8.86. The lowest BCUT2D eigenvalue weighted by molar-refractivity contribution is 0.0997. The van der Waals surface area contributed by atoms with Gasteiger partial charge in [-0.2, -0.15) is 5.10 Å². The number of urea groups is 1. The Labute approximate surface area is 177 Å². The molecule has 3 amide bonds. The summed E-state index contributed by atoms with van der Waals surface area (Å²) in [6.07, 6.45) is 0. The highest BCUT2D eigenvalue weighted by atomic mass is 19.1. The first-order chi connectivity index (χ1) is 14.9. The van der Waals surface area contributed by atoms with Gasteiger partial charge in [-0.25, -0.2) is 14.0 Å². The average Bonchev–Trinajstić information content (AvgIpc) is 3.15. The molecule has 0 saturated heterocycles. The second-order valence-corrected chi connectivity index (χ2v) is 7.23. The van der Waals surface area contributed by atoms with Crippen molar-refractivity contribution in [3.63, 3.8) is 0 Å². The van der Waals surface area contributed by atoms with Gasteiger partial charge in [0, 0.05) is 17.8 Å². The lowest BCUT2D eigenvalue weighted by atomic mass is 10.0. The Hall–Kier alpha value is -4.19. The smallest absolute Gasteiger partial charge is 0.322 e. The number of hydrogen-bond acceptors (Lipinski definition) is 3. The molecule has 0 unspecified atom stereocenters. The number of nitrogens with one attached hydrogen (secondary N) is 1. The molecule has 0 spiro atoms. The Morgan fingerprint density at radius 2 is 1.94 bits per heavy atom. The van der Waals surface area contributed by atoms with Crippen LogP contribution in [-0.4, -0.2) is 33.2 Å². The Morgan fingerprint density at radius 3 is 2.58 bits per heavy atom. The average molecular weight is 418 g/mol. The lowest BCUT2D eigenvalue weighted by Gasteiger charge is -2.28. The van der Waals surface area contributed by atoms with Crippen molar-refractivity contribution in [3.8, 4) is 11.3 Å². The number of anilines is 1. The van der Waals surface area contributed by atoms with Gasteiger partial charge in [-0.15, -0.1) is 0 Å². The maximum absolute atomic E-state index is 13.7. The minimum Gasteiger partial charge on any atom is -0.365 e. The van der Waals surface area contributed by atoms with Crippen LogP contribution in [0.15, 0.2) is 42.5 Å². The van der Waals surface area contributed by atoms with Crippen molar-refractivity contribution in [1.29, 1.82) is 0 Å². The molecule has 3 aromatic rings. The first-order valence-electron chi connectivity index (χ1n) is 9.57. The molecular weight excluding hydrogens is 399 g/mol. The molecule has 9 heteroatoms. The second-order valence-electron chi connectivity index (χ2n) is 7.23. The van der Waals surface area contributed by atoms with Crippen molar-refractivity contribution in [2.45, 2.75) is 20.0 Å². The summed E-state index contributed by atoms with van der Waals surface area (Å²) in [6, 6.07) is 10.7. The predicted molar refractivity (Wildman–Crippen MR) is 113 cm³/mol. The number of nitrogens with two attached hydrogens (primary N) is 1. The zero-order valence-corrected chi connectivity index (χ0v) is 16.7. The summed E-state index contributed by atoms with van der Waals surface area (Å²) < 4.78 is 15.3. The lowest BCUT2D eigenvalue weighted by Crippen LogP contribution is -2.41.